The van der Waals surface area contributed by atoms with Crippen LogP contribution in [0.15, 0.2) is 58.3 Å². The molecule has 1 aliphatic heterocycles. The predicted octanol–water partition coefficient (Wildman–Crippen LogP) is 3.55. The van der Waals surface area contributed by atoms with Crippen LogP contribution in [0.2, 0.25) is 0 Å². The van der Waals surface area contributed by atoms with E-state index < -0.39 is 6.04 Å². The van der Waals surface area contributed by atoms with Gasteiger partial charge in [-0.2, -0.15) is 0 Å². The normalized spacial score (nSPS) is 20.9. The van der Waals surface area contributed by atoms with Gasteiger partial charge in [-0.05, 0) is 54.5 Å². The number of amides is 1. The molecule has 1 aliphatic rings. The number of thioether (sulfide) groups is 2. The Bertz CT molecular complexity index is 670. The minimum absolute atomic E-state index is 0.0177. The van der Waals surface area contributed by atoms with Crippen LogP contribution in [0.1, 0.15) is 11.6 Å². The Hall–Kier alpha value is -1.43. The molecular weight excluding hydrogens is 312 g/mol. The summed E-state index contributed by atoms with van der Waals surface area (Å²) in [5.74, 6) is -0.0177. The van der Waals surface area contributed by atoms with Crippen LogP contribution in [-0.2, 0) is 4.79 Å². The van der Waals surface area contributed by atoms with Gasteiger partial charge in [0.2, 0.25) is 5.91 Å². The molecule has 5 heteroatoms. The number of nitrogens with zero attached hydrogens (tertiary/aromatic N) is 1. The number of β-lactam (4-membered cyclic amide) rings is 1. The van der Waals surface area contributed by atoms with Crippen molar-refractivity contribution in [1.82, 2.24) is 0 Å². The van der Waals surface area contributed by atoms with E-state index >= 15 is 0 Å². The van der Waals surface area contributed by atoms with E-state index in [9.17, 15) is 4.79 Å². The van der Waals surface area contributed by atoms with Gasteiger partial charge in [0.15, 0.2) is 0 Å². The molecule has 1 amide bonds. The van der Waals surface area contributed by atoms with Crippen LogP contribution in [0.25, 0.3) is 0 Å². The topological polar surface area (TPSA) is 46.3 Å². The summed E-state index contributed by atoms with van der Waals surface area (Å²) in [4.78, 5) is 16.4. The first kappa shape index (κ1) is 15.5. The van der Waals surface area contributed by atoms with Gasteiger partial charge in [0.1, 0.15) is 6.04 Å². The summed E-state index contributed by atoms with van der Waals surface area (Å²) in [6.07, 6.45) is 4.09. The lowest BCUT2D eigenvalue weighted by atomic mass is 9.88. The molecule has 2 N–H and O–H groups in total. The SMILES string of the molecule is CSc1ccc(C2[C@H](N)C(=O)N2c2ccc(SC)cc2)cc1. The molecule has 3 rings (SSSR count). The van der Waals surface area contributed by atoms with Crippen LogP contribution < -0.4 is 10.6 Å². The van der Waals surface area contributed by atoms with Gasteiger partial charge < -0.3 is 10.6 Å². The van der Waals surface area contributed by atoms with Crippen molar-refractivity contribution in [3.8, 4) is 0 Å². The maximum atomic E-state index is 12.2. The van der Waals surface area contributed by atoms with E-state index in [1.54, 1.807) is 28.4 Å². The Morgan fingerprint density at radius 1 is 0.909 bits per heavy atom. The summed E-state index contributed by atoms with van der Waals surface area (Å²) < 4.78 is 0. The van der Waals surface area contributed by atoms with Crippen LogP contribution in [0.4, 0.5) is 5.69 Å². The summed E-state index contributed by atoms with van der Waals surface area (Å²) in [6, 6.07) is 15.8. The summed E-state index contributed by atoms with van der Waals surface area (Å²) >= 11 is 3.39. The monoisotopic (exact) mass is 330 g/mol. The first-order chi connectivity index (χ1) is 10.7. The van der Waals surface area contributed by atoms with Crippen molar-refractivity contribution in [1.29, 1.82) is 0 Å². The van der Waals surface area contributed by atoms with Crippen LogP contribution in [0.5, 0.6) is 0 Å². The zero-order chi connectivity index (χ0) is 15.7. The van der Waals surface area contributed by atoms with Crippen LogP contribution in [0, 0.1) is 0 Å². The van der Waals surface area contributed by atoms with Gasteiger partial charge in [-0.15, -0.1) is 23.5 Å². The Morgan fingerprint density at radius 2 is 1.41 bits per heavy atom. The highest BCUT2D eigenvalue weighted by Crippen LogP contribution is 2.39. The van der Waals surface area contributed by atoms with Gasteiger partial charge in [-0.3, -0.25) is 4.79 Å². The van der Waals surface area contributed by atoms with E-state index in [0.717, 1.165) is 11.3 Å². The van der Waals surface area contributed by atoms with E-state index in [2.05, 4.69) is 24.3 Å². The van der Waals surface area contributed by atoms with E-state index in [4.69, 9.17) is 5.73 Å². The number of hydrogen-bond acceptors (Lipinski definition) is 4. The highest BCUT2D eigenvalue weighted by molar-refractivity contribution is 7.98. The Kier molecular flexibility index (Phi) is 4.47. The number of carbonyl (C=O) groups excluding carboxylic acids is 1. The van der Waals surface area contributed by atoms with Crippen LogP contribution in [0.3, 0.4) is 0 Å². The third kappa shape index (κ3) is 2.64. The lowest BCUT2D eigenvalue weighted by Gasteiger charge is -2.45. The van der Waals surface area contributed by atoms with Gasteiger partial charge >= 0.3 is 0 Å². The number of hydrogen-bond donors (Lipinski definition) is 1. The van der Waals surface area contributed by atoms with Gasteiger partial charge in [0, 0.05) is 15.5 Å². The number of carbonyl (C=O) groups is 1. The highest BCUT2D eigenvalue weighted by atomic mass is 32.2. The summed E-state index contributed by atoms with van der Waals surface area (Å²) in [5.41, 5.74) is 8.04. The zero-order valence-corrected chi connectivity index (χ0v) is 14.2. The van der Waals surface area contributed by atoms with Gasteiger partial charge in [0.25, 0.3) is 0 Å². The fraction of sp³-hybridized carbons (Fsp3) is 0.235. The molecule has 1 fully saturated rings. The third-order valence-corrected chi connectivity index (χ3v) is 5.44. The average molecular weight is 330 g/mol. The van der Waals surface area contributed by atoms with Gasteiger partial charge in [-0.25, -0.2) is 0 Å². The fourth-order valence-corrected chi connectivity index (χ4v) is 3.52. The molecule has 2 aromatic carbocycles. The molecule has 2 atom stereocenters. The van der Waals surface area contributed by atoms with E-state index in [-0.39, 0.29) is 11.9 Å². The molecule has 3 nitrogen and oxygen atoms in total. The van der Waals surface area contributed by atoms with Crippen molar-refractivity contribution in [2.45, 2.75) is 21.9 Å². The number of anilines is 1. The van der Waals surface area contributed by atoms with Crippen molar-refractivity contribution in [3.05, 3.63) is 54.1 Å². The molecular formula is C17H18N2OS2. The standard InChI is InChI=1S/C17H18N2OS2/c1-21-13-7-3-11(4-8-13)16-15(18)17(20)19(16)12-5-9-14(22-2)10-6-12/h3-10,15-16H,18H2,1-2H3/t15-,16?/m0/s1. The molecule has 0 radical (unpaired) electrons. The summed E-state index contributed by atoms with van der Waals surface area (Å²) in [5, 5.41) is 0. The van der Waals surface area contributed by atoms with E-state index in [0.29, 0.717) is 0 Å². The Labute approximate surface area is 139 Å². The van der Waals surface area contributed by atoms with Crippen molar-refractivity contribution < 1.29 is 4.79 Å². The Balaban J connectivity index is 1.89. The quantitative estimate of drug-likeness (QED) is 0.688. The van der Waals surface area contributed by atoms with Gasteiger partial charge in [0.05, 0.1) is 6.04 Å². The number of rotatable bonds is 4. The lowest BCUT2D eigenvalue weighted by Crippen LogP contribution is -2.63. The molecule has 0 aromatic heterocycles. The molecule has 0 aliphatic carbocycles. The first-order valence-electron chi connectivity index (χ1n) is 7.02. The smallest absolute Gasteiger partial charge is 0.247 e. The molecule has 0 saturated carbocycles. The molecule has 114 valence electrons. The van der Waals surface area contributed by atoms with Gasteiger partial charge in [-0.1, -0.05) is 12.1 Å². The van der Waals surface area contributed by atoms with Crippen LogP contribution >= 0.6 is 23.5 Å². The van der Waals surface area contributed by atoms with Crippen molar-refractivity contribution in [2.75, 3.05) is 17.4 Å². The second-order valence-corrected chi connectivity index (χ2v) is 6.91. The van der Waals surface area contributed by atoms with Crippen LogP contribution in [-0.4, -0.2) is 24.5 Å². The molecule has 0 spiro atoms. The van der Waals surface area contributed by atoms with Crippen molar-refractivity contribution in [2.24, 2.45) is 5.73 Å². The lowest BCUT2D eigenvalue weighted by molar-refractivity contribution is -0.126. The summed E-state index contributed by atoms with van der Waals surface area (Å²) in [6.45, 7) is 0. The zero-order valence-electron chi connectivity index (χ0n) is 12.5. The molecule has 1 saturated heterocycles. The fourth-order valence-electron chi connectivity index (χ4n) is 2.70. The number of benzene rings is 2. The molecule has 0 bridgehead atoms. The predicted molar refractivity (Wildman–Crippen MR) is 94.6 cm³/mol. The molecule has 22 heavy (non-hydrogen) atoms. The highest BCUT2D eigenvalue weighted by Gasteiger charge is 2.46. The minimum atomic E-state index is -0.458. The summed E-state index contributed by atoms with van der Waals surface area (Å²) in [7, 11) is 0. The minimum Gasteiger partial charge on any atom is -0.318 e. The third-order valence-electron chi connectivity index (χ3n) is 3.95. The van der Waals surface area contributed by atoms with Crippen molar-refractivity contribution >= 4 is 35.1 Å². The van der Waals surface area contributed by atoms with Crippen molar-refractivity contribution in [3.63, 3.8) is 0 Å². The molecule has 1 unspecified atom stereocenters. The molecule has 1 heterocycles. The van der Waals surface area contributed by atoms with E-state index in [1.165, 1.54) is 9.79 Å². The maximum Gasteiger partial charge on any atom is 0.247 e. The molecule has 2 aromatic rings. The first-order valence-corrected chi connectivity index (χ1v) is 9.47. The Morgan fingerprint density at radius 3 is 1.91 bits per heavy atom. The average Bonchev–Trinajstić information content (AvgIpc) is 2.59. The second-order valence-electron chi connectivity index (χ2n) is 5.15. The number of nitrogens with two attached hydrogens (primary N) is 1. The van der Waals surface area contributed by atoms with E-state index in [1.807, 2.05) is 36.8 Å². The second kappa shape index (κ2) is 6.36. The largest absolute Gasteiger partial charge is 0.318 e. The maximum absolute atomic E-state index is 12.2.